The van der Waals surface area contributed by atoms with Gasteiger partial charge in [0.15, 0.2) is 0 Å². The lowest BCUT2D eigenvalue weighted by atomic mass is 10.2. The molecule has 1 aromatic carbocycles. The van der Waals surface area contributed by atoms with Crippen LogP contribution in [0.1, 0.15) is 33.3 Å². The highest BCUT2D eigenvalue weighted by Gasteiger charge is 1.95. The molecule has 0 aliphatic carbocycles. The van der Waals surface area contributed by atoms with Crippen molar-refractivity contribution in [2.45, 2.75) is 34.1 Å². The van der Waals surface area contributed by atoms with E-state index in [0.29, 0.717) is 0 Å². The maximum absolute atomic E-state index is 5.56. The average molecular weight is 218 g/mol. The second-order valence-electron chi connectivity index (χ2n) is 2.99. The van der Waals surface area contributed by atoms with Gasteiger partial charge in [-0.25, -0.2) is 0 Å². The van der Waals surface area contributed by atoms with Gasteiger partial charge in [0.2, 0.25) is 0 Å². The molecule has 0 unspecified atom stereocenters. The van der Waals surface area contributed by atoms with E-state index in [-0.39, 0.29) is 0 Å². The highest BCUT2D eigenvalue weighted by molar-refractivity contribution is 5.29. The summed E-state index contributed by atoms with van der Waals surface area (Å²) in [6, 6.07) is 8.11. The molecule has 0 aliphatic heterocycles. The number of ether oxygens (including phenoxy) is 1. The van der Waals surface area contributed by atoms with Crippen molar-refractivity contribution in [1.82, 2.24) is 0 Å². The van der Waals surface area contributed by atoms with Gasteiger partial charge in [0, 0.05) is 0 Å². The molecule has 1 heteroatoms. The molecule has 0 bridgehead atoms. The van der Waals surface area contributed by atoms with Gasteiger partial charge in [0.25, 0.3) is 0 Å². The van der Waals surface area contributed by atoms with Gasteiger partial charge >= 0.3 is 0 Å². The van der Waals surface area contributed by atoms with Gasteiger partial charge in [-0.15, -0.1) is 0 Å². The molecular weight excluding hydrogens is 196 g/mol. The van der Waals surface area contributed by atoms with Crippen molar-refractivity contribution < 1.29 is 4.74 Å². The lowest BCUT2D eigenvalue weighted by molar-refractivity contribution is 0.443. The maximum atomic E-state index is 5.56. The third-order valence-corrected chi connectivity index (χ3v) is 2.05. The third-order valence-electron chi connectivity index (χ3n) is 2.05. The quantitative estimate of drug-likeness (QED) is 0.523. The Morgan fingerprint density at radius 2 is 1.81 bits per heavy atom. The van der Waals surface area contributed by atoms with Crippen LogP contribution in [0.3, 0.4) is 0 Å². The van der Waals surface area contributed by atoms with Crippen molar-refractivity contribution in [2.75, 3.05) is 0 Å². The first-order chi connectivity index (χ1) is 7.80. The minimum Gasteiger partial charge on any atom is -0.458 e. The number of aryl methyl sites for hydroxylation is 1. The van der Waals surface area contributed by atoms with Crippen LogP contribution in [0.2, 0.25) is 0 Å². The van der Waals surface area contributed by atoms with Crippen LogP contribution in [-0.2, 0) is 6.42 Å². The van der Waals surface area contributed by atoms with Crippen LogP contribution in [0.5, 0.6) is 5.75 Å². The fourth-order valence-electron chi connectivity index (χ4n) is 1.15. The molecule has 0 heterocycles. The Balaban J connectivity index is 0.00000106. The largest absolute Gasteiger partial charge is 0.458 e. The molecule has 1 nitrogen and oxygen atoms in total. The summed E-state index contributed by atoms with van der Waals surface area (Å²) < 4.78 is 5.56. The third kappa shape index (κ3) is 4.83. The highest BCUT2D eigenvalue weighted by atomic mass is 16.5. The highest BCUT2D eigenvalue weighted by Crippen LogP contribution is 2.15. The van der Waals surface area contributed by atoms with Crippen LogP contribution in [0.15, 0.2) is 48.8 Å². The lowest BCUT2D eigenvalue weighted by Gasteiger charge is -2.06. The van der Waals surface area contributed by atoms with Crippen molar-refractivity contribution in [3.8, 4) is 5.75 Å². The van der Waals surface area contributed by atoms with Crippen molar-refractivity contribution in [3.63, 3.8) is 0 Å². The number of allylic oxidation sites excluding steroid dienone is 2. The molecule has 88 valence electrons. The van der Waals surface area contributed by atoms with Crippen molar-refractivity contribution in [1.29, 1.82) is 0 Å². The molecule has 1 rings (SSSR count). The zero-order chi connectivity index (χ0) is 12.4. The van der Waals surface area contributed by atoms with E-state index in [0.717, 1.165) is 17.9 Å². The molecule has 0 fully saturated rings. The molecule has 1 aromatic rings. The van der Waals surface area contributed by atoms with E-state index in [9.17, 15) is 0 Å². The molecule has 0 N–H and O–H groups in total. The van der Waals surface area contributed by atoms with Gasteiger partial charge < -0.3 is 4.74 Å². The molecule has 16 heavy (non-hydrogen) atoms. The number of rotatable bonds is 4. The summed E-state index contributed by atoms with van der Waals surface area (Å²) >= 11 is 0. The van der Waals surface area contributed by atoms with Crippen LogP contribution < -0.4 is 4.74 Å². The predicted octanol–water partition coefficient (Wildman–Crippen LogP) is 4.74. The van der Waals surface area contributed by atoms with E-state index < -0.39 is 0 Å². The van der Waals surface area contributed by atoms with Crippen molar-refractivity contribution >= 4 is 0 Å². The van der Waals surface area contributed by atoms with E-state index in [1.807, 2.05) is 39.0 Å². The summed E-state index contributed by atoms with van der Waals surface area (Å²) in [4.78, 5) is 0. The smallest absolute Gasteiger partial charge is 0.127 e. The van der Waals surface area contributed by atoms with Gasteiger partial charge in [-0.05, 0) is 43.2 Å². The Morgan fingerprint density at radius 1 is 1.25 bits per heavy atom. The van der Waals surface area contributed by atoms with E-state index in [4.69, 9.17) is 4.74 Å². The Hall–Kier alpha value is -1.50. The molecule has 0 atom stereocenters. The summed E-state index contributed by atoms with van der Waals surface area (Å²) in [6.07, 6.45) is 4.65. The van der Waals surface area contributed by atoms with Gasteiger partial charge in [-0.3, -0.25) is 0 Å². The first-order valence-corrected chi connectivity index (χ1v) is 5.85. The topological polar surface area (TPSA) is 9.23 Å². The zero-order valence-electron chi connectivity index (χ0n) is 10.8. The second kappa shape index (κ2) is 8.78. The fourth-order valence-corrected chi connectivity index (χ4v) is 1.15. The maximum Gasteiger partial charge on any atom is 0.127 e. The SMILES string of the molecule is C=C/C(=C\C)Oc1ccc(CC)cc1.CC. The second-order valence-corrected chi connectivity index (χ2v) is 2.99. The summed E-state index contributed by atoms with van der Waals surface area (Å²) in [6.45, 7) is 11.7. The van der Waals surface area contributed by atoms with Gasteiger partial charge in [-0.2, -0.15) is 0 Å². The number of hydrogen-bond donors (Lipinski definition) is 0. The minimum absolute atomic E-state index is 0.786. The Bertz CT molecular complexity index is 320. The Labute approximate surface area is 99.5 Å². The Morgan fingerprint density at radius 3 is 2.19 bits per heavy atom. The van der Waals surface area contributed by atoms with Gasteiger partial charge in [0.1, 0.15) is 11.5 Å². The molecule has 0 aromatic heterocycles. The van der Waals surface area contributed by atoms with Crippen LogP contribution >= 0.6 is 0 Å². The molecule has 0 spiro atoms. The molecule has 0 saturated carbocycles. The van der Waals surface area contributed by atoms with Gasteiger partial charge in [0.05, 0.1) is 0 Å². The summed E-state index contributed by atoms with van der Waals surface area (Å²) in [7, 11) is 0. The summed E-state index contributed by atoms with van der Waals surface area (Å²) in [5.74, 6) is 1.64. The van der Waals surface area contributed by atoms with E-state index in [1.165, 1.54) is 5.56 Å². The summed E-state index contributed by atoms with van der Waals surface area (Å²) in [5, 5.41) is 0. The fraction of sp³-hybridized carbons (Fsp3) is 0.333. The van der Waals surface area contributed by atoms with E-state index in [1.54, 1.807) is 6.08 Å². The van der Waals surface area contributed by atoms with Crippen LogP contribution in [-0.4, -0.2) is 0 Å². The number of benzene rings is 1. The monoisotopic (exact) mass is 218 g/mol. The predicted molar refractivity (Wildman–Crippen MR) is 71.8 cm³/mol. The normalized spacial score (nSPS) is 10.1. The van der Waals surface area contributed by atoms with Gasteiger partial charge in [-0.1, -0.05) is 39.5 Å². The van der Waals surface area contributed by atoms with E-state index >= 15 is 0 Å². The molecular formula is C15H22O. The lowest BCUT2D eigenvalue weighted by Crippen LogP contribution is -1.91. The zero-order valence-corrected chi connectivity index (χ0v) is 10.8. The first-order valence-electron chi connectivity index (χ1n) is 5.85. The standard InChI is InChI=1S/C13H16O.C2H6/c1-4-11-7-9-13(10-8-11)14-12(5-2)6-3;1-2/h5-10H,2,4H2,1,3H3;1-2H3/b12-6+;. The Kier molecular flexibility index (Phi) is 7.96. The average Bonchev–Trinajstić information content (AvgIpc) is 2.39. The molecule has 0 saturated heterocycles. The summed E-state index contributed by atoms with van der Waals surface area (Å²) in [5.41, 5.74) is 1.32. The van der Waals surface area contributed by atoms with Crippen LogP contribution in [0.25, 0.3) is 0 Å². The first kappa shape index (κ1) is 14.5. The van der Waals surface area contributed by atoms with Crippen molar-refractivity contribution in [3.05, 3.63) is 54.3 Å². The molecule has 0 amide bonds. The number of hydrogen-bond acceptors (Lipinski definition) is 1. The van der Waals surface area contributed by atoms with Crippen LogP contribution in [0.4, 0.5) is 0 Å². The van der Waals surface area contributed by atoms with E-state index in [2.05, 4.69) is 25.6 Å². The van der Waals surface area contributed by atoms with Crippen molar-refractivity contribution in [2.24, 2.45) is 0 Å². The molecule has 0 aliphatic rings. The van der Waals surface area contributed by atoms with Crippen LogP contribution in [0, 0.1) is 0 Å². The minimum atomic E-state index is 0.786. The molecule has 0 radical (unpaired) electrons.